The number of likely N-dealkylation sites (N-methyl/N-ethyl adjacent to an activating group) is 1. The SMILES string of the molecule is CNC(Cc1cc(C(C)C)ncn1)C(C)C. The first-order valence-corrected chi connectivity index (χ1v) is 6.02. The normalized spacial score (nSPS) is 13.4. The highest BCUT2D eigenvalue weighted by Gasteiger charge is 2.13. The van der Waals surface area contributed by atoms with Gasteiger partial charge in [0.1, 0.15) is 6.33 Å². The van der Waals surface area contributed by atoms with Crippen LogP contribution in [0.5, 0.6) is 0 Å². The van der Waals surface area contributed by atoms with Gasteiger partial charge >= 0.3 is 0 Å². The van der Waals surface area contributed by atoms with Crippen LogP contribution in [0, 0.1) is 5.92 Å². The molecule has 1 atom stereocenters. The van der Waals surface area contributed by atoms with Gasteiger partial charge in [-0.25, -0.2) is 9.97 Å². The zero-order valence-electron chi connectivity index (χ0n) is 11.0. The maximum atomic E-state index is 4.34. The van der Waals surface area contributed by atoms with E-state index in [9.17, 15) is 0 Å². The molecule has 1 N–H and O–H groups in total. The second-order valence-electron chi connectivity index (χ2n) is 4.93. The minimum absolute atomic E-state index is 0.467. The second-order valence-corrected chi connectivity index (χ2v) is 4.93. The van der Waals surface area contributed by atoms with E-state index in [0.29, 0.717) is 17.9 Å². The van der Waals surface area contributed by atoms with Crippen molar-refractivity contribution in [1.82, 2.24) is 15.3 Å². The number of rotatable bonds is 5. The Kier molecular flexibility index (Phi) is 4.87. The van der Waals surface area contributed by atoms with Crippen LogP contribution in [-0.2, 0) is 6.42 Å². The molecule has 0 amide bonds. The average Bonchev–Trinajstić information content (AvgIpc) is 2.25. The van der Waals surface area contributed by atoms with E-state index in [1.165, 1.54) is 0 Å². The van der Waals surface area contributed by atoms with Crippen molar-refractivity contribution in [3.05, 3.63) is 23.8 Å². The minimum atomic E-state index is 0.467. The summed E-state index contributed by atoms with van der Waals surface area (Å²) < 4.78 is 0. The third-order valence-corrected chi connectivity index (χ3v) is 2.94. The Balaban J connectivity index is 2.76. The third kappa shape index (κ3) is 3.56. The molecule has 0 fully saturated rings. The predicted molar refractivity (Wildman–Crippen MR) is 67.5 cm³/mol. The molecule has 1 heterocycles. The van der Waals surface area contributed by atoms with Crippen molar-refractivity contribution in [1.29, 1.82) is 0 Å². The molecule has 1 aromatic rings. The summed E-state index contributed by atoms with van der Waals surface area (Å²) in [6, 6.07) is 2.60. The molecule has 3 heteroatoms. The molecule has 3 nitrogen and oxygen atoms in total. The largest absolute Gasteiger partial charge is 0.316 e. The van der Waals surface area contributed by atoms with Gasteiger partial charge in [-0.1, -0.05) is 27.7 Å². The molecule has 0 bridgehead atoms. The van der Waals surface area contributed by atoms with E-state index in [4.69, 9.17) is 0 Å². The first-order valence-electron chi connectivity index (χ1n) is 6.02. The van der Waals surface area contributed by atoms with Gasteiger partial charge in [0, 0.05) is 23.9 Å². The van der Waals surface area contributed by atoms with E-state index in [2.05, 4.69) is 49.0 Å². The number of nitrogens with one attached hydrogen (secondary N) is 1. The Hall–Kier alpha value is -0.960. The van der Waals surface area contributed by atoms with Crippen molar-refractivity contribution in [3.63, 3.8) is 0 Å². The molecule has 0 aromatic carbocycles. The molecule has 0 aliphatic carbocycles. The molecule has 1 aromatic heterocycles. The number of hydrogen-bond donors (Lipinski definition) is 1. The van der Waals surface area contributed by atoms with E-state index in [0.717, 1.165) is 17.8 Å². The topological polar surface area (TPSA) is 37.8 Å². The molecule has 0 radical (unpaired) electrons. The van der Waals surface area contributed by atoms with Crippen LogP contribution in [0.15, 0.2) is 12.4 Å². The second kappa shape index (κ2) is 5.94. The summed E-state index contributed by atoms with van der Waals surface area (Å²) in [4.78, 5) is 8.63. The number of aromatic nitrogens is 2. The van der Waals surface area contributed by atoms with E-state index < -0.39 is 0 Å². The molecule has 0 aliphatic heterocycles. The lowest BCUT2D eigenvalue weighted by Crippen LogP contribution is -2.33. The maximum absolute atomic E-state index is 4.34. The van der Waals surface area contributed by atoms with Crippen molar-refractivity contribution < 1.29 is 0 Å². The van der Waals surface area contributed by atoms with Crippen molar-refractivity contribution in [2.75, 3.05) is 7.05 Å². The molecular weight excluding hydrogens is 198 g/mol. The fourth-order valence-corrected chi connectivity index (χ4v) is 1.74. The Morgan fingerprint density at radius 2 is 1.88 bits per heavy atom. The number of nitrogens with zero attached hydrogens (tertiary/aromatic N) is 2. The number of hydrogen-bond acceptors (Lipinski definition) is 3. The molecule has 0 saturated heterocycles. The summed E-state index contributed by atoms with van der Waals surface area (Å²) in [5.74, 6) is 1.08. The average molecular weight is 221 g/mol. The molecule has 90 valence electrons. The Bertz CT molecular complexity index is 321. The molecule has 0 saturated carbocycles. The van der Waals surface area contributed by atoms with Gasteiger partial charge in [-0.2, -0.15) is 0 Å². The zero-order valence-corrected chi connectivity index (χ0v) is 11.0. The van der Waals surface area contributed by atoms with Gasteiger partial charge in [0.2, 0.25) is 0 Å². The van der Waals surface area contributed by atoms with Crippen LogP contribution in [-0.4, -0.2) is 23.1 Å². The highest BCUT2D eigenvalue weighted by Crippen LogP contribution is 2.13. The van der Waals surface area contributed by atoms with Gasteiger partial charge in [-0.05, 0) is 24.9 Å². The monoisotopic (exact) mass is 221 g/mol. The molecule has 0 spiro atoms. The van der Waals surface area contributed by atoms with Crippen molar-refractivity contribution >= 4 is 0 Å². The zero-order chi connectivity index (χ0) is 12.1. The maximum Gasteiger partial charge on any atom is 0.115 e. The lowest BCUT2D eigenvalue weighted by atomic mass is 9.98. The van der Waals surface area contributed by atoms with Crippen LogP contribution in [0.1, 0.15) is 45.0 Å². The lowest BCUT2D eigenvalue weighted by molar-refractivity contribution is 0.421. The Labute approximate surface area is 98.7 Å². The van der Waals surface area contributed by atoms with Crippen molar-refractivity contribution in [2.45, 2.75) is 46.1 Å². The standard InChI is InChI=1S/C13H23N3/c1-9(2)12(14-5)6-11-7-13(10(3)4)16-8-15-11/h7-10,12,14H,6H2,1-5H3. The van der Waals surface area contributed by atoms with Crippen molar-refractivity contribution in [2.24, 2.45) is 5.92 Å². The summed E-state index contributed by atoms with van der Waals surface area (Å²) in [6.45, 7) is 8.77. The highest BCUT2D eigenvalue weighted by atomic mass is 14.9. The van der Waals surface area contributed by atoms with Crippen LogP contribution in [0.2, 0.25) is 0 Å². The molecule has 0 aliphatic rings. The van der Waals surface area contributed by atoms with Gasteiger partial charge in [-0.3, -0.25) is 0 Å². The lowest BCUT2D eigenvalue weighted by Gasteiger charge is -2.19. The third-order valence-electron chi connectivity index (χ3n) is 2.94. The summed E-state index contributed by atoms with van der Waals surface area (Å²) in [5.41, 5.74) is 2.26. The van der Waals surface area contributed by atoms with Gasteiger partial charge in [0.25, 0.3) is 0 Å². The van der Waals surface area contributed by atoms with Gasteiger partial charge in [-0.15, -0.1) is 0 Å². The predicted octanol–water partition coefficient (Wildman–Crippen LogP) is 2.39. The van der Waals surface area contributed by atoms with Crippen LogP contribution in [0.4, 0.5) is 0 Å². The van der Waals surface area contributed by atoms with Crippen molar-refractivity contribution in [3.8, 4) is 0 Å². The fraction of sp³-hybridized carbons (Fsp3) is 0.692. The van der Waals surface area contributed by atoms with Crippen LogP contribution < -0.4 is 5.32 Å². The summed E-state index contributed by atoms with van der Waals surface area (Å²) in [6.07, 6.45) is 2.65. The fourth-order valence-electron chi connectivity index (χ4n) is 1.74. The summed E-state index contributed by atoms with van der Waals surface area (Å²) >= 11 is 0. The van der Waals surface area contributed by atoms with Crippen LogP contribution >= 0.6 is 0 Å². The van der Waals surface area contributed by atoms with Gasteiger partial charge in [0.15, 0.2) is 0 Å². The molecule has 1 rings (SSSR count). The van der Waals surface area contributed by atoms with E-state index >= 15 is 0 Å². The van der Waals surface area contributed by atoms with E-state index in [1.807, 2.05) is 7.05 Å². The molecular formula is C13H23N3. The highest BCUT2D eigenvalue weighted by molar-refractivity contribution is 5.12. The van der Waals surface area contributed by atoms with Crippen LogP contribution in [0.3, 0.4) is 0 Å². The summed E-state index contributed by atoms with van der Waals surface area (Å²) in [5, 5.41) is 3.34. The van der Waals surface area contributed by atoms with E-state index in [1.54, 1.807) is 6.33 Å². The van der Waals surface area contributed by atoms with Gasteiger partial charge < -0.3 is 5.32 Å². The Morgan fingerprint density at radius 1 is 1.19 bits per heavy atom. The molecule has 16 heavy (non-hydrogen) atoms. The quantitative estimate of drug-likeness (QED) is 0.829. The van der Waals surface area contributed by atoms with E-state index in [-0.39, 0.29) is 0 Å². The molecule has 1 unspecified atom stereocenters. The summed E-state index contributed by atoms with van der Waals surface area (Å²) in [7, 11) is 2.01. The smallest absolute Gasteiger partial charge is 0.115 e. The van der Waals surface area contributed by atoms with Gasteiger partial charge in [0.05, 0.1) is 0 Å². The first kappa shape index (κ1) is 13.1. The first-order chi connectivity index (χ1) is 7.54. The Morgan fingerprint density at radius 3 is 2.38 bits per heavy atom. The minimum Gasteiger partial charge on any atom is -0.316 e. The van der Waals surface area contributed by atoms with Crippen LogP contribution in [0.25, 0.3) is 0 Å².